The van der Waals surface area contributed by atoms with Crippen molar-refractivity contribution in [3.63, 3.8) is 0 Å². The molecule has 0 aromatic heterocycles. The topological polar surface area (TPSA) is 89.7 Å². The minimum atomic E-state index is -1.20. The molecule has 80 valence electrons. The molecule has 15 heavy (non-hydrogen) atoms. The van der Waals surface area contributed by atoms with Gasteiger partial charge in [-0.2, -0.15) is 0 Å². The van der Waals surface area contributed by atoms with E-state index in [2.05, 4.69) is 0 Å². The van der Waals surface area contributed by atoms with Gasteiger partial charge in [-0.3, -0.25) is 10.1 Å². The van der Waals surface area contributed by atoms with Gasteiger partial charge >= 0.3 is 11.7 Å². The maximum Gasteiger partial charge on any atom is 0.336 e. The summed E-state index contributed by atoms with van der Waals surface area (Å²) in [6, 6.07) is 2.33. The van der Waals surface area contributed by atoms with Gasteiger partial charge in [-0.25, -0.2) is 4.79 Å². The minimum absolute atomic E-state index is 0.0579. The number of carbonyl (C=O) groups is 1. The Balaban J connectivity index is 3.43. The van der Waals surface area contributed by atoms with E-state index in [-0.39, 0.29) is 17.0 Å². The molecular formula is C9H9NO5. The Bertz CT molecular complexity index is 427. The van der Waals surface area contributed by atoms with Gasteiger partial charge in [0.2, 0.25) is 0 Å². The maximum absolute atomic E-state index is 10.7. The lowest BCUT2D eigenvalue weighted by Crippen LogP contribution is -2.03. The molecule has 0 bridgehead atoms. The van der Waals surface area contributed by atoms with Crippen LogP contribution in [-0.2, 0) is 0 Å². The number of benzene rings is 1. The third kappa shape index (κ3) is 2.04. The zero-order valence-electron chi connectivity index (χ0n) is 8.18. The van der Waals surface area contributed by atoms with Crippen LogP contribution in [0, 0.1) is 17.0 Å². The average molecular weight is 211 g/mol. The summed E-state index contributed by atoms with van der Waals surface area (Å²) in [6.45, 7) is 1.55. The number of ether oxygens (including phenoxy) is 1. The lowest BCUT2D eigenvalue weighted by molar-refractivity contribution is -0.385. The van der Waals surface area contributed by atoms with Gasteiger partial charge in [0.25, 0.3) is 0 Å². The summed E-state index contributed by atoms with van der Waals surface area (Å²) in [5.74, 6) is -1.14. The van der Waals surface area contributed by atoms with Crippen molar-refractivity contribution in [2.45, 2.75) is 6.92 Å². The molecule has 1 N–H and O–H groups in total. The number of nitro groups is 1. The van der Waals surface area contributed by atoms with Gasteiger partial charge in [-0.15, -0.1) is 0 Å². The Morgan fingerprint density at radius 1 is 1.53 bits per heavy atom. The third-order valence-corrected chi connectivity index (χ3v) is 1.95. The number of carboxylic acids is 1. The summed E-state index contributed by atoms with van der Waals surface area (Å²) in [4.78, 5) is 20.7. The van der Waals surface area contributed by atoms with Gasteiger partial charge in [-0.1, -0.05) is 0 Å². The molecule has 0 atom stereocenters. The van der Waals surface area contributed by atoms with Crippen LogP contribution < -0.4 is 4.74 Å². The van der Waals surface area contributed by atoms with Crippen LogP contribution in [0.4, 0.5) is 5.69 Å². The summed E-state index contributed by atoms with van der Waals surface area (Å²) < 4.78 is 4.79. The molecule has 0 aliphatic heterocycles. The summed E-state index contributed by atoms with van der Waals surface area (Å²) in [6.07, 6.45) is 0. The van der Waals surface area contributed by atoms with Gasteiger partial charge in [0.05, 0.1) is 17.6 Å². The fraction of sp³-hybridized carbons (Fsp3) is 0.222. The molecule has 0 radical (unpaired) electrons. The maximum atomic E-state index is 10.7. The number of methoxy groups -OCH3 is 1. The number of aromatic carboxylic acids is 1. The van der Waals surface area contributed by atoms with Crippen LogP contribution >= 0.6 is 0 Å². The standard InChI is InChI=1S/C9H9NO5/c1-5-3-8(15-2)7(10(13)14)4-6(5)9(11)12/h3-4H,1-2H3,(H,11,12). The first-order chi connectivity index (χ1) is 6.97. The summed E-state index contributed by atoms with van der Waals surface area (Å²) in [5.41, 5.74) is -0.0204. The van der Waals surface area contributed by atoms with Crippen molar-refractivity contribution < 1.29 is 19.6 Å². The predicted molar refractivity (Wildman–Crippen MR) is 51.3 cm³/mol. The van der Waals surface area contributed by atoms with E-state index in [1.807, 2.05) is 0 Å². The SMILES string of the molecule is COc1cc(C)c(C(=O)O)cc1[N+](=O)[O-]. The molecule has 0 unspecified atom stereocenters. The second-order valence-electron chi connectivity index (χ2n) is 2.90. The monoisotopic (exact) mass is 211 g/mol. The van der Waals surface area contributed by atoms with Crippen molar-refractivity contribution in [1.29, 1.82) is 0 Å². The summed E-state index contributed by atoms with van der Waals surface area (Å²) in [7, 11) is 1.29. The zero-order valence-corrected chi connectivity index (χ0v) is 8.18. The Labute approximate surface area is 85.2 Å². The molecule has 0 saturated heterocycles. The van der Waals surface area contributed by atoms with E-state index < -0.39 is 10.9 Å². The highest BCUT2D eigenvalue weighted by atomic mass is 16.6. The van der Waals surface area contributed by atoms with Crippen LogP contribution in [0.1, 0.15) is 15.9 Å². The Morgan fingerprint density at radius 3 is 2.53 bits per heavy atom. The van der Waals surface area contributed by atoms with E-state index in [1.54, 1.807) is 6.92 Å². The molecule has 0 aliphatic rings. The zero-order chi connectivity index (χ0) is 11.6. The lowest BCUT2D eigenvalue weighted by Gasteiger charge is -2.05. The van der Waals surface area contributed by atoms with Crippen molar-refractivity contribution in [3.8, 4) is 5.75 Å². The molecule has 1 rings (SSSR count). The predicted octanol–water partition coefficient (Wildman–Crippen LogP) is 1.61. The van der Waals surface area contributed by atoms with Crippen LogP contribution in [-0.4, -0.2) is 23.1 Å². The molecule has 0 saturated carbocycles. The molecular weight excluding hydrogens is 202 g/mol. The second kappa shape index (κ2) is 3.95. The van der Waals surface area contributed by atoms with Crippen LogP contribution in [0.15, 0.2) is 12.1 Å². The number of nitro benzene ring substituents is 1. The van der Waals surface area contributed by atoms with Crippen LogP contribution in [0.5, 0.6) is 5.75 Å². The second-order valence-corrected chi connectivity index (χ2v) is 2.90. The van der Waals surface area contributed by atoms with Crippen LogP contribution in [0.3, 0.4) is 0 Å². The summed E-state index contributed by atoms with van der Waals surface area (Å²) >= 11 is 0. The van der Waals surface area contributed by atoms with Gasteiger partial charge < -0.3 is 9.84 Å². The number of hydrogen-bond acceptors (Lipinski definition) is 4. The molecule has 0 fully saturated rings. The van der Waals surface area contributed by atoms with Gasteiger partial charge in [0, 0.05) is 6.07 Å². The van der Waals surface area contributed by atoms with Gasteiger partial charge in [0.15, 0.2) is 5.75 Å². The summed E-state index contributed by atoms with van der Waals surface area (Å²) in [5, 5.41) is 19.4. The highest BCUT2D eigenvalue weighted by Gasteiger charge is 2.20. The largest absolute Gasteiger partial charge is 0.490 e. The Hall–Kier alpha value is -2.11. The van der Waals surface area contributed by atoms with Crippen molar-refractivity contribution in [1.82, 2.24) is 0 Å². The fourth-order valence-electron chi connectivity index (χ4n) is 1.21. The van der Waals surface area contributed by atoms with E-state index >= 15 is 0 Å². The van der Waals surface area contributed by atoms with Crippen molar-refractivity contribution >= 4 is 11.7 Å². The molecule has 0 aliphatic carbocycles. The number of rotatable bonds is 3. The Kier molecular flexibility index (Phi) is 2.89. The van der Waals surface area contributed by atoms with E-state index in [4.69, 9.17) is 9.84 Å². The third-order valence-electron chi connectivity index (χ3n) is 1.95. The molecule has 1 aromatic carbocycles. The molecule has 6 heteroatoms. The minimum Gasteiger partial charge on any atom is -0.490 e. The van der Waals surface area contributed by atoms with E-state index in [9.17, 15) is 14.9 Å². The van der Waals surface area contributed by atoms with Crippen LogP contribution in [0.2, 0.25) is 0 Å². The van der Waals surface area contributed by atoms with Gasteiger partial charge in [-0.05, 0) is 18.6 Å². The number of nitrogens with zero attached hydrogens (tertiary/aromatic N) is 1. The molecule has 0 heterocycles. The number of carboxylic acid groups (broad SMARTS) is 1. The normalized spacial score (nSPS) is 9.73. The number of aryl methyl sites for hydroxylation is 1. The average Bonchev–Trinajstić information content (AvgIpc) is 2.16. The molecule has 0 spiro atoms. The Morgan fingerprint density at radius 2 is 2.13 bits per heavy atom. The molecule has 6 nitrogen and oxygen atoms in total. The molecule has 0 amide bonds. The lowest BCUT2D eigenvalue weighted by atomic mass is 10.1. The first kappa shape index (κ1) is 11.0. The van der Waals surface area contributed by atoms with E-state index in [0.29, 0.717) is 5.56 Å². The highest BCUT2D eigenvalue weighted by Crippen LogP contribution is 2.29. The quantitative estimate of drug-likeness (QED) is 0.605. The van der Waals surface area contributed by atoms with Crippen molar-refractivity contribution in [2.75, 3.05) is 7.11 Å². The highest BCUT2D eigenvalue weighted by molar-refractivity contribution is 5.90. The van der Waals surface area contributed by atoms with Gasteiger partial charge in [0.1, 0.15) is 0 Å². The first-order valence-electron chi connectivity index (χ1n) is 4.03. The van der Waals surface area contributed by atoms with Crippen molar-refractivity contribution in [3.05, 3.63) is 33.4 Å². The number of hydrogen-bond donors (Lipinski definition) is 1. The fourth-order valence-corrected chi connectivity index (χ4v) is 1.21. The first-order valence-corrected chi connectivity index (χ1v) is 4.03. The van der Waals surface area contributed by atoms with Crippen LogP contribution in [0.25, 0.3) is 0 Å². The van der Waals surface area contributed by atoms with E-state index in [1.165, 1.54) is 13.2 Å². The molecule has 1 aromatic rings. The smallest absolute Gasteiger partial charge is 0.336 e. The van der Waals surface area contributed by atoms with E-state index in [0.717, 1.165) is 6.07 Å². The van der Waals surface area contributed by atoms with Crippen molar-refractivity contribution in [2.24, 2.45) is 0 Å².